The van der Waals surface area contributed by atoms with Crippen LogP contribution in [0.15, 0.2) is 12.2 Å². The number of hydrogen-bond acceptors (Lipinski definition) is 4. The minimum Gasteiger partial charge on any atom is -0.359 e. The molecule has 7 heteroatoms. The molecule has 0 aromatic heterocycles. The van der Waals surface area contributed by atoms with Crippen LogP contribution in [0, 0.1) is 11.8 Å². The van der Waals surface area contributed by atoms with Crippen molar-refractivity contribution < 1.29 is 19.1 Å². The zero-order valence-electron chi connectivity index (χ0n) is 18.1. The van der Waals surface area contributed by atoms with E-state index in [0.717, 1.165) is 38.5 Å². The zero-order valence-corrected chi connectivity index (χ0v) is 18.1. The molecule has 3 heterocycles. The molecule has 1 spiro atoms. The highest BCUT2D eigenvalue weighted by molar-refractivity contribution is 6.00. The Bertz CT molecular complexity index is 793. The first kappa shape index (κ1) is 20.0. The lowest BCUT2D eigenvalue weighted by molar-refractivity contribution is -0.143. The Morgan fingerprint density at radius 3 is 2.43 bits per heavy atom. The number of fused-ring (bicyclic) bond motifs is 1. The Labute approximate surface area is 178 Å². The van der Waals surface area contributed by atoms with E-state index in [-0.39, 0.29) is 29.8 Å². The van der Waals surface area contributed by atoms with Crippen molar-refractivity contribution in [3.05, 3.63) is 12.2 Å². The second-order valence-corrected chi connectivity index (χ2v) is 10.8. The molecular weight excluding hydrogens is 382 g/mol. The maximum atomic E-state index is 13.6. The standard InChI is InChI=1S/C23H33N3O4/c1-22(2,3)25-20(28)18-23-12-11-15(30-23)16(17(23)21(29)26(18)14-9-10-14)19(27)24-13-7-5-4-6-8-13/h11-18H,4-10H2,1-3H3,(H,24,27)(H,25,28)/t15-,16-,17+,18-,23-/m0/s1. The minimum atomic E-state index is -1.03. The fraction of sp³-hybridized carbons (Fsp3) is 0.783. The van der Waals surface area contributed by atoms with Crippen molar-refractivity contribution in [1.82, 2.24) is 15.5 Å². The normalized spacial score (nSPS) is 38.1. The van der Waals surface area contributed by atoms with Gasteiger partial charge in [-0.25, -0.2) is 0 Å². The molecule has 7 nitrogen and oxygen atoms in total. The van der Waals surface area contributed by atoms with Crippen LogP contribution in [0.4, 0.5) is 0 Å². The Kier molecular flexibility index (Phi) is 4.55. The van der Waals surface area contributed by atoms with Crippen LogP contribution in [0.2, 0.25) is 0 Å². The lowest BCUT2D eigenvalue weighted by Crippen LogP contribution is -2.58. The molecule has 2 saturated heterocycles. The van der Waals surface area contributed by atoms with E-state index in [1.54, 1.807) is 4.90 Å². The number of amides is 3. The molecular formula is C23H33N3O4. The van der Waals surface area contributed by atoms with Gasteiger partial charge in [0.2, 0.25) is 17.7 Å². The summed E-state index contributed by atoms with van der Waals surface area (Å²) < 4.78 is 6.34. The Morgan fingerprint density at radius 1 is 1.10 bits per heavy atom. The first-order valence-electron chi connectivity index (χ1n) is 11.5. The van der Waals surface area contributed by atoms with Gasteiger partial charge in [0.05, 0.1) is 17.9 Å². The largest absolute Gasteiger partial charge is 0.359 e. The molecule has 30 heavy (non-hydrogen) atoms. The van der Waals surface area contributed by atoms with E-state index in [9.17, 15) is 14.4 Å². The van der Waals surface area contributed by atoms with Crippen LogP contribution in [0.25, 0.3) is 0 Å². The SMILES string of the molecule is CC(C)(C)NC(=O)[C@@H]1N(C2CC2)C(=O)[C@H]2[C@@H](C(=O)NC3CCCCC3)[C@@H]3C=C[C@@]12O3. The van der Waals surface area contributed by atoms with Gasteiger partial charge in [-0.05, 0) is 46.5 Å². The number of ether oxygens (including phenoxy) is 1. The molecule has 3 amide bonds. The topological polar surface area (TPSA) is 87.7 Å². The molecule has 4 fully saturated rings. The molecule has 164 valence electrons. The summed E-state index contributed by atoms with van der Waals surface area (Å²) in [4.78, 5) is 42.0. The summed E-state index contributed by atoms with van der Waals surface area (Å²) in [7, 11) is 0. The molecule has 2 aliphatic carbocycles. The van der Waals surface area contributed by atoms with Crippen molar-refractivity contribution in [2.24, 2.45) is 11.8 Å². The predicted octanol–water partition coefficient (Wildman–Crippen LogP) is 1.66. The molecule has 0 aromatic carbocycles. The predicted molar refractivity (Wildman–Crippen MR) is 110 cm³/mol. The lowest BCUT2D eigenvalue weighted by atomic mass is 9.74. The monoisotopic (exact) mass is 415 g/mol. The van der Waals surface area contributed by atoms with E-state index in [1.165, 1.54) is 6.42 Å². The van der Waals surface area contributed by atoms with Gasteiger partial charge in [0.25, 0.3) is 0 Å². The number of nitrogens with one attached hydrogen (secondary N) is 2. The van der Waals surface area contributed by atoms with Crippen LogP contribution in [-0.2, 0) is 19.1 Å². The van der Waals surface area contributed by atoms with Crippen molar-refractivity contribution >= 4 is 17.7 Å². The van der Waals surface area contributed by atoms with Crippen LogP contribution < -0.4 is 10.6 Å². The third-order valence-electron chi connectivity index (χ3n) is 7.25. The quantitative estimate of drug-likeness (QED) is 0.684. The van der Waals surface area contributed by atoms with Gasteiger partial charge >= 0.3 is 0 Å². The minimum absolute atomic E-state index is 0.0753. The van der Waals surface area contributed by atoms with Crippen molar-refractivity contribution in [2.45, 2.75) is 101 Å². The summed E-state index contributed by atoms with van der Waals surface area (Å²) in [5.41, 5.74) is -1.45. The van der Waals surface area contributed by atoms with Gasteiger partial charge < -0.3 is 20.3 Å². The molecule has 0 unspecified atom stereocenters. The summed E-state index contributed by atoms with van der Waals surface area (Å²) >= 11 is 0. The molecule has 5 rings (SSSR count). The highest BCUT2D eigenvalue weighted by atomic mass is 16.5. The van der Waals surface area contributed by atoms with Crippen LogP contribution in [-0.4, -0.2) is 58.0 Å². The number of nitrogens with zero attached hydrogens (tertiary/aromatic N) is 1. The first-order chi connectivity index (χ1) is 14.2. The summed E-state index contributed by atoms with van der Waals surface area (Å²) in [5, 5.41) is 6.24. The van der Waals surface area contributed by atoms with Gasteiger partial charge in [0.1, 0.15) is 11.6 Å². The zero-order chi connectivity index (χ0) is 21.3. The molecule has 2 bridgehead atoms. The van der Waals surface area contributed by atoms with Gasteiger partial charge in [-0.15, -0.1) is 0 Å². The van der Waals surface area contributed by atoms with Gasteiger partial charge in [0, 0.05) is 17.6 Å². The number of rotatable bonds is 4. The van der Waals surface area contributed by atoms with Gasteiger partial charge in [-0.2, -0.15) is 0 Å². The van der Waals surface area contributed by atoms with E-state index in [0.29, 0.717) is 0 Å². The fourth-order valence-electron chi connectivity index (χ4n) is 5.93. The summed E-state index contributed by atoms with van der Waals surface area (Å²) in [6.07, 6.45) is 10.6. The maximum Gasteiger partial charge on any atom is 0.246 e. The average molecular weight is 416 g/mol. The van der Waals surface area contributed by atoms with Crippen molar-refractivity contribution in [3.63, 3.8) is 0 Å². The molecule has 5 aliphatic rings. The number of carbonyl (C=O) groups is 3. The molecule has 2 saturated carbocycles. The van der Waals surface area contributed by atoms with E-state index >= 15 is 0 Å². The molecule has 3 aliphatic heterocycles. The van der Waals surface area contributed by atoms with Crippen molar-refractivity contribution in [2.75, 3.05) is 0 Å². The lowest BCUT2D eigenvalue weighted by Gasteiger charge is -2.34. The first-order valence-corrected chi connectivity index (χ1v) is 11.5. The second-order valence-electron chi connectivity index (χ2n) is 10.8. The molecule has 2 N–H and O–H groups in total. The summed E-state index contributed by atoms with van der Waals surface area (Å²) in [6.45, 7) is 5.80. The van der Waals surface area contributed by atoms with Crippen LogP contribution in [0.5, 0.6) is 0 Å². The molecule has 0 radical (unpaired) electrons. The van der Waals surface area contributed by atoms with Crippen molar-refractivity contribution in [3.8, 4) is 0 Å². The molecule has 0 aromatic rings. The molecule has 5 atom stereocenters. The highest BCUT2D eigenvalue weighted by Gasteiger charge is 2.74. The summed E-state index contributed by atoms with van der Waals surface area (Å²) in [6, 6.07) is -0.455. The smallest absolute Gasteiger partial charge is 0.246 e. The summed E-state index contributed by atoms with van der Waals surface area (Å²) in [5.74, 6) is -1.55. The number of likely N-dealkylation sites (tertiary alicyclic amines) is 1. The van der Waals surface area contributed by atoms with Gasteiger partial charge in [0.15, 0.2) is 0 Å². The van der Waals surface area contributed by atoms with Crippen LogP contribution in [0.3, 0.4) is 0 Å². The Balaban J connectivity index is 1.44. The fourth-order valence-corrected chi connectivity index (χ4v) is 5.93. The number of carbonyl (C=O) groups excluding carboxylic acids is 3. The highest BCUT2D eigenvalue weighted by Crippen LogP contribution is 2.57. The van der Waals surface area contributed by atoms with E-state index in [2.05, 4.69) is 10.6 Å². The van der Waals surface area contributed by atoms with E-state index in [4.69, 9.17) is 4.74 Å². The third-order valence-corrected chi connectivity index (χ3v) is 7.25. The van der Waals surface area contributed by atoms with Crippen LogP contribution >= 0.6 is 0 Å². The second kappa shape index (κ2) is 6.81. The van der Waals surface area contributed by atoms with Crippen molar-refractivity contribution in [1.29, 1.82) is 0 Å². The van der Waals surface area contributed by atoms with E-state index in [1.807, 2.05) is 32.9 Å². The average Bonchev–Trinajstić information content (AvgIpc) is 3.26. The van der Waals surface area contributed by atoms with E-state index < -0.39 is 35.1 Å². The Hall–Kier alpha value is -1.89. The van der Waals surface area contributed by atoms with Gasteiger partial charge in [-0.3, -0.25) is 14.4 Å². The van der Waals surface area contributed by atoms with Gasteiger partial charge in [-0.1, -0.05) is 31.4 Å². The third kappa shape index (κ3) is 3.08. The number of hydrogen-bond donors (Lipinski definition) is 2. The van der Waals surface area contributed by atoms with Crippen LogP contribution in [0.1, 0.15) is 65.7 Å². The maximum absolute atomic E-state index is 13.6. The Morgan fingerprint density at radius 2 is 1.80 bits per heavy atom.